The molecule has 1 aromatic rings. The minimum atomic E-state index is -0.205. The number of fused-ring (bicyclic) bond motifs is 2. The van der Waals surface area contributed by atoms with Crippen LogP contribution in [0.2, 0.25) is 0 Å². The average Bonchev–Trinajstić information content (AvgIpc) is 2.53. The molecule has 0 saturated carbocycles. The van der Waals surface area contributed by atoms with Crippen LogP contribution in [0, 0.1) is 23.7 Å². The summed E-state index contributed by atoms with van der Waals surface area (Å²) in [6, 6.07) is 7.79. The van der Waals surface area contributed by atoms with E-state index in [0.717, 1.165) is 12.2 Å². The molecule has 0 spiro atoms. The van der Waals surface area contributed by atoms with Gasteiger partial charge >= 0.3 is 5.97 Å². The van der Waals surface area contributed by atoms with Crippen LogP contribution in [-0.2, 0) is 9.53 Å². The number of hydrogen-bond donors (Lipinski definition) is 0. The van der Waals surface area contributed by atoms with Crippen LogP contribution in [0.25, 0.3) is 0 Å². The first kappa shape index (κ1) is 16.3. The van der Waals surface area contributed by atoms with E-state index in [1.165, 1.54) is 5.57 Å². The second-order valence-electron chi connectivity index (χ2n) is 6.94. The van der Waals surface area contributed by atoms with E-state index in [1.54, 1.807) is 0 Å². The lowest BCUT2D eigenvalue weighted by Gasteiger charge is -2.47. The fourth-order valence-electron chi connectivity index (χ4n) is 4.23. The summed E-state index contributed by atoms with van der Waals surface area (Å²) in [5.74, 6) is 2.50. The summed E-state index contributed by atoms with van der Waals surface area (Å²) >= 11 is 0. The summed E-state index contributed by atoms with van der Waals surface area (Å²) < 4.78 is 11.8. The van der Waals surface area contributed by atoms with Crippen molar-refractivity contribution in [3.8, 4) is 5.75 Å². The number of carbonyl (C=O) groups excluding carboxylic acids is 1. The number of rotatable bonds is 3. The molecule has 1 aliphatic heterocycles. The van der Waals surface area contributed by atoms with Crippen molar-refractivity contribution in [3.05, 3.63) is 41.5 Å². The molecule has 23 heavy (non-hydrogen) atoms. The molecule has 2 bridgehead atoms. The summed E-state index contributed by atoms with van der Waals surface area (Å²) in [4.78, 5) is 11.7. The topological polar surface area (TPSA) is 35.5 Å². The normalized spacial score (nSPS) is 33.0. The van der Waals surface area contributed by atoms with Crippen LogP contribution in [0.4, 0.5) is 0 Å². The van der Waals surface area contributed by atoms with Gasteiger partial charge in [-0.15, -0.1) is 0 Å². The van der Waals surface area contributed by atoms with Crippen molar-refractivity contribution in [3.63, 3.8) is 0 Å². The van der Waals surface area contributed by atoms with Gasteiger partial charge in [-0.2, -0.15) is 0 Å². The Labute approximate surface area is 138 Å². The van der Waals surface area contributed by atoms with Gasteiger partial charge < -0.3 is 9.47 Å². The van der Waals surface area contributed by atoms with Crippen molar-refractivity contribution < 1.29 is 14.3 Å². The molecule has 3 nitrogen and oxygen atoms in total. The van der Waals surface area contributed by atoms with Crippen LogP contribution in [0.5, 0.6) is 5.75 Å². The van der Waals surface area contributed by atoms with Crippen molar-refractivity contribution in [1.82, 2.24) is 0 Å². The minimum Gasteiger partial charge on any atom is -0.426 e. The SMILES string of the molecule is CCC(=O)Oc1ccccc1[C@H]1OC[C@H]2[C@H](C)[C@@H]1C(C)=C[C@H]2C. The third-order valence-electron chi connectivity index (χ3n) is 5.50. The largest absolute Gasteiger partial charge is 0.426 e. The quantitative estimate of drug-likeness (QED) is 0.467. The molecule has 2 aliphatic rings. The number of para-hydroxylation sites is 1. The van der Waals surface area contributed by atoms with E-state index >= 15 is 0 Å². The summed E-state index contributed by atoms with van der Waals surface area (Å²) in [6.45, 7) is 9.39. The van der Waals surface area contributed by atoms with Crippen molar-refractivity contribution in [2.24, 2.45) is 23.7 Å². The Balaban J connectivity index is 1.96. The van der Waals surface area contributed by atoms with Gasteiger partial charge in [-0.05, 0) is 30.7 Å². The van der Waals surface area contributed by atoms with E-state index < -0.39 is 0 Å². The first-order valence-corrected chi connectivity index (χ1v) is 8.62. The summed E-state index contributed by atoms with van der Waals surface area (Å²) in [5.41, 5.74) is 2.38. The van der Waals surface area contributed by atoms with Crippen LogP contribution in [0.15, 0.2) is 35.9 Å². The first-order valence-electron chi connectivity index (χ1n) is 8.62. The number of hydrogen-bond acceptors (Lipinski definition) is 3. The Morgan fingerprint density at radius 1 is 1.30 bits per heavy atom. The molecule has 3 heteroatoms. The molecular weight excluding hydrogens is 288 g/mol. The molecule has 0 aromatic heterocycles. The maximum absolute atomic E-state index is 11.7. The zero-order chi connectivity index (χ0) is 16.6. The van der Waals surface area contributed by atoms with E-state index in [2.05, 4.69) is 26.8 Å². The Bertz CT molecular complexity index is 619. The van der Waals surface area contributed by atoms with Crippen LogP contribution >= 0.6 is 0 Å². The van der Waals surface area contributed by atoms with Crippen LogP contribution in [0.1, 0.15) is 45.8 Å². The van der Waals surface area contributed by atoms with Crippen molar-refractivity contribution in [2.75, 3.05) is 6.61 Å². The first-order chi connectivity index (χ1) is 11.0. The maximum atomic E-state index is 11.7. The van der Waals surface area contributed by atoms with Gasteiger partial charge in [0.2, 0.25) is 0 Å². The number of esters is 1. The predicted molar refractivity (Wildman–Crippen MR) is 90.1 cm³/mol. The van der Waals surface area contributed by atoms with Crippen LogP contribution in [0.3, 0.4) is 0 Å². The van der Waals surface area contributed by atoms with Crippen molar-refractivity contribution in [1.29, 1.82) is 0 Å². The molecular formula is C20H26O3. The van der Waals surface area contributed by atoms with E-state index in [-0.39, 0.29) is 12.1 Å². The highest BCUT2D eigenvalue weighted by molar-refractivity contribution is 5.72. The molecule has 5 atom stereocenters. The number of carbonyl (C=O) groups is 1. The lowest BCUT2D eigenvalue weighted by Crippen LogP contribution is -2.42. The molecule has 1 aromatic carbocycles. The fourth-order valence-corrected chi connectivity index (χ4v) is 4.23. The number of benzene rings is 1. The molecule has 0 amide bonds. The molecule has 124 valence electrons. The zero-order valence-electron chi connectivity index (χ0n) is 14.4. The second kappa shape index (κ2) is 6.48. The summed E-state index contributed by atoms with van der Waals surface area (Å²) in [7, 11) is 0. The smallest absolute Gasteiger partial charge is 0.310 e. The van der Waals surface area contributed by atoms with Crippen LogP contribution < -0.4 is 4.74 Å². The molecule has 0 N–H and O–H groups in total. The van der Waals surface area contributed by atoms with E-state index in [9.17, 15) is 4.79 Å². The highest BCUT2D eigenvalue weighted by Crippen LogP contribution is 2.50. The second-order valence-corrected chi connectivity index (χ2v) is 6.94. The van der Waals surface area contributed by atoms with Gasteiger partial charge in [-0.25, -0.2) is 0 Å². The number of allylic oxidation sites excluding steroid dienone is 1. The molecule has 0 unspecified atom stereocenters. The Hall–Kier alpha value is -1.61. The standard InChI is InChI=1S/C20H26O3/c1-5-18(21)23-17-9-7-6-8-15(17)20-19-13(3)10-12(2)16(11-22-20)14(19)4/h6-10,12,14,16,19-20H,5,11H2,1-4H3/t12-,14+,16-,19+,20-/m1/s1. The zero-order valence-corrected chi connectivity index (χ0v) is 14.4. The molecule has 1 fully saturated rings. The monoisotopic (exact) mass is 314 g/mol. The van der Waals surface area contributed by atoms with Gasteiger partial charge in [0.25, 0.3) is 0 Å². The summed E-state index contributed by atoms with van der Waals surface area (Å²) in [6.07, 6.45) is 2.73. The fraction of sp³-hybridized carbons (Fsp3) is 0.550. The molecule has 0 radical (unpaired) electrons. The highest BCUT2D eigenvalue weighted by atomic mass is 16.5. The average molecular weight is 314 g/mol. The van der Waals surface area contributed by atoms with E-state index in [1.807, 2.05) is 31.2 Å². The summed E-state index contributed by atoms with van der Waals surface area (Å²) in [5, 5.41) is 0. The molecule has 1 heterocycles. The lowest BCUT2D eigenvalue weighted by atomic mass is 9.64. The third kappa shape index (κ3) is 2.94. The minimum absolute atomic E-state index is 0.0362. The van der Waals surface area contributed by atoms with Gasteiger partial charge in [0, 0.05) is 17.9 Å². The molecule has 1 saturated heterocycles. The van der Waals surface area contributed by atoms with Crippen LogP contribution in [-0.4, -0.2) is 12.6 Å². The predicted octanol–water partition coefficient (Wildman–Crippen LogP) is 4.54. The number of ether oxygens (including phenoxy) is 2. The third-order valence-corrected chi connectivity index (χ3v) is 5.50. The van der Waals surface area contributed by atoms with Crippen molar-refractivity contribution >= 4 is 5.97 Å². The van der Waals surface area contributed by atoms with Gasteiger partial charge in [-0.1, -0.05) is 50.6 Å². The van der Waals surface area contributed by atoms with E-state index in [4.69, 9.17) is 9.47 Å². The Morgan fingerprint density at radius 3 is 2.78 bits per heavy atom. The maximum Gasteiger partial charge on any atom is 0.310 e. The van der Waals surface area contributed by atoms with E-state index in [0.29, 0.717) is 35.8 Å². The lowest BCUT2D eigenvalue weighted by molar-refractivity contribution is -0.134. The Kier molecular flexibility index (Phi) is 4.58. The van der Waals surface area contributed by atoms with Gasteiger partial charge in [-0.3, -0.25) is 4.79 Å². The Morgan fingerprint density at radius 2 is 2.04 bits per heavy atom. The highest BCUT2D eigenvalue weighted by Gasteiger charge is 2.44. The van der Waals surface area contributed by atoms with Gasteiger partial charge in [0.05, 0.1) is 12.7 Å². The molecule has 1 aliphatic carbocycles. The molecule has 3 rings (SSSR count). The van der Waals surface area contributed by atoms with Crippen molar-refractivity contribution in [2.45, 2.75) is 40.2 Å². The van der Waals surface area contributed by atoms with Gasteiger partial charge in [0.1, 0.15) is 5.75 Å². The van der Waals surface area contributed by atoms with Gasteiger partial charge in [0.15, 0.2) is 0 Å².